The zero-order valence-electron chi connectivity index (χ0n) is 14.1. The van der Waals surface area contributed by atoms with E-state index in [9.17, 15) is 74.6 Å². The number of hydrogen-bond acceptors (Lipinski definition) is 2. The van der Waals surface area contributed by atoms with Crippen LogP contribution in [0.2, 0.25) is 0 Å². The highest BCUT2D eigenvalue weighted by Gasteiger charge is 2.95. The van der Waals surface area contributed by atoms with Crippen LogP contribution < -0.4 is 0 Å². The first-order chi connectivity index (χ1) is 13.3. The lowest BCUT2D eigenvalue weighted by Crippen LogP contribution is -2.74. The van der Waals surface area contributed by atoms with Crippen LogP contribution in [0, 0.1) is 0 Å². The molecular weight excluding hydrogens is 499 g/mol. The lowest BCUT2D eigenvalue weighted by Gasteiger charge is -2.42. The van der Waals surface area contributed by atoms with E-state index < -0.39 is 66.4 Å². The summed E-state index contributed by atoms with van der Waals surface area (Å²) in [5.74, 6) is -56.2. The zero-order valence-corrected chi connectivity index (χ0v) is 14.1. The molecule has 1 aliphatic rings. The fourth-order valence-corrected chi connectivity index (χ4v) is 2.06. The predicted octanol–water partition coefficient (Wildman–Crippen LogP) is 5.76. The van der Waals surface area contributed by atoms with E-state index >= 15 is 0 Å². The normalized spacial score (nSPS) is 22.6. The van der Waals surface area contributed by atoms with Gasteiger partial charge in [-0.2, -0.15) is 74.6 Å². The Morgan fingerprint density at radius 2 is 0.871 bits per heavy atom. The van der Waals surface area contributed by atoms with Crippen LogP contribution in [0.4, 0.5) is 74.6 Å². The lowest BCUT2D eigenvalue weighted by molar-refractivity contribution is -0.461. The minimum atomic E-state index is -8.62. The van der Waals surface area contributed by atoms with Gasteiger partial charge in [0.25, 0.3) is 0 Å². The van der Waals surface area contributed by atoms with Gasteiger partial charge in [0, 0.05) is 13.5 Å². The Balaban J connectivity index is 3.47. The van der Waals surface area contributed by atoms with E-state index in [0.717, 1.165) is 0 Å². The summed E-state index contributed by atoms with van der Waals surface area (Å²) in [5, 5.41) is 0. The summed E-state index contributed by atoms with van der Waals surface area (Å²) in [4.78, 5) is 0. The Morgan fingerprint density at radius 3 is 1.16 bits per heavy atom. The Kier molecular flexibility index (Phi) is 6.37. The molecule has 0 spiro atoms. The van der Waals surface area contributed by atoms with Crippen LogP contribution in [0.5, 0.6) is 0 Å². The van der Waals surface area contributed by atoms with Crippen LogP contribution in [-0.4, -0.2) is 67.1 Å². The molecule has 2 atom stereocenters. The third-order valence-electron chi connectivity index (χ3n) is 4.01. The largest absolute Gasteiger partial charge is 0.460 e. The van der Waals surface area contributed by atoms with Crippen molar-refractivity contribution < 1.29 is 84.1 Å². The summed E-state index contributed by atoms with van der Waals surface area (Å²) >= 11 is 0. The number of ether oxygens (including phenoxy) is 2. The number of alkyl halides is 17. The Hall–Kier alpha value is -1.27. The van der Waals surface area contributed by atoms with Crippen molar-refractivity contribution in [3.05, 3.63) is 0 Å². The molecule has 0 saturated carbocycles. The van der Waals surface area contributed by atoms with Gasteiger partial charge in [0.15, 0.2) is 6.29 Å². The molecule has 1 saturated heterocycles. The molecule has 0 bridgehead atoms. The van der Waals surface area contributed by atoms with Crippen molar-refractivity contribution in [1.29, 1.82) is 0 Å². The van der Waals surface area contributed by atoms with Gasteiger partial charge < -0.3 is 9.47 Å². The minimum absolute atomic E-state index is 0.702. The molecule has 1 heterocycles. The Bertz CT molecular complexity index is 667. The van der Waals surface area contributed by atoms with Gasteiger partial charge in [0.2, 0.25) is 0 Å². The van der Waals surface area contributed by atoms with E-state index in [1.165, 1.54) is 0 Å². The molecule has 2 nitrogen and oxygen atoms in total. The van der Waals surface area contributed by atoms with Gasteiger partial charge in [-0.1, -0.05) is 0 Å². The summed E-state index contributed by atoms with van der Waals surface area (Å²) in [6.07, 6.45) is -14.3. The van der Waals surface area contributed by atoms with Gasteiger partial charge in [-0.05, 0) is 0 Å². The van der Waals surface area contributed by atoms with E-state index in [1.807, 2.05) is 0 Å². The van der Waals surface area contributed by atoms with Crippen LogP contribution in [0.25, 0.3) is 0 Å². The smallest absolute Gasteiger partial charge is 0.353 e. The summed E-state index contributed by atoms with van der Waals surface area (Å²) < 4.78 is 229. The van der Waals surface area contributed by atoms with Crippen molar-refractivity contribution in [3.8, 4) is 0 Å². The second-order valence-electron chi connectivity index (χ2n) is 6.13. The first kappa shape index (κ1) is 27.8. The van der Waals surface area contributed by atoms with Crippen molar-refractivity contribution in [2.24, 2.45) is 0 Å². The monoisotopic (exact) mass is 506 g/mol. The molecule has 2 unspecified atom stereocenters. The van der Waals surface area contributed by atoms with E-state index in [2.05, 4.69) is 9.47 Å². The summed E-state index contributed by atoms with van der Waals surface area (Å²) in [5.41, 5.74) is 0. The van der Waals surface area contributed by atoms with Gasteiger partial charge >= 0.3 is 47.6 Å². The van der Waals surface area contributed by atoms with Crippen molar-refractivity contribution in [2.45, 2.75) is 66.4 Å². The van der Waals surface area contributed by atoms with Gasteiger partial charge in [-0.25, -0.2) is 0 Å². The standard InChI is InChI=1S/C12H7F17O2/c1-30-4-3(31-4)2-5(13,14)6(15,16)7(17,18)8(19,20)9(21,22)10(23,24)11(25,26)12(27,28)29/h3-4H,2H2,1H3. The maximum Gasteiger partial charge on any atom is 0.460 e. The van der Waals surface area contributed by atoms with E-state index in [0.29, 0.717) is 7.11 Å². The Morgan fingerprint density at radius 1 is 0.548 bits per heavy atom. The van der Waals surface area contributed by atoms with Crippen LogP contribution >= 0.6 is 0 Å². The van der Waals surface area contributed by atoms with E-state index in [-0.39, 0.29) is 0 Å². The minimum Gasteiger partial charge on any atom is -0.353 e. The number of epoxide rings is 1. The van der Waals surface area contributed by atoms with Crippen molar-refractivity contribution in [3.63, 3.8) is 0 Å². The predicted molar refractivity (Wildman–Crippen MR) is 61.0 cm³/mol. The highest BCUT2D eigenvalue weighted by Crippen LogP contribution is 2.64. The van der Waals surface area contributed by atoms with E-state index in [1.54, 1.807) is 0 Å². The maximum absolute atomic E-state index is 13.5. The van der Waals surface area contributed by atoms with E-state index in [4.69, 9.17) is 0 Å². The molecule has 1 fully saturated rings. The van der Waals surface area contributed by atoms with Gasteiger partial charge in [0.05, 0.1) is 0 Å². The quantitative estimate of drug-likeness (QED) is 0.293. The zero-order chi connectivity index (χ0) is 25.3. The SMILES string of the molecule is COC1OC1CC(F)(F)C(F)(F)C(F)(F)C(F)(F)C(F)(F)C(F)(F)C(F)(F)C(F)(F)F. The highest BCUT2D eigenvalue weighted by atomic mass is 19.4. The molecule has 0 aliphatic carbocycles. The molecule has 0 N–H and O–H groups in total. The van der Waals surface area contributed by atoms with Crippen molar-refractivity contribution in [1.82, 2.24) is 0 Å². The van der Waals surface area contributed by atoms with Crippen LogP contribution in [0.15, 0.2) is 0 Å². The molecule has 1 aliphatic heterocycles. The first-order valence-corrected chi connectivity index (χ1v) is 7.17. The number of halogens is 17. The molecule has 19 heteroatoms. The second kappa shape index (κ2) is 7.11. The molecule has 0 radical (unpaired) electrons. The van der Waals surface area contributed by atoms with Crippen molar-refractivity contribution in [2.75, 3.05) is 7.11 Å². The lowest BCUT2D eigenvalue weighted by atomic mass is 9.88. The van der Waals surface area contributed by atoms with Crippen LogP contribution in [-0.2, 0) is 9.47 Å². The number of methoxy groups -OCH3 is 1. The number of hydrogen-bond donors (Lipinski definition) is 0. The first-order valence-electron chi connectivity index (χ1n) is 7.17. The fraction of sp³-hybridized carbons (Fsp3) is 1.00. The summed E-state index contributed by atoms with van der Waals surface area (Å²) in [6.45, 7) is 0. The molecule has 31 heavy (non-hydrogen) atoms. The molecule has 0 aromatic carbocycles. The van der Waals surface area contributed by atoms with Crippen molar-refractivity contribution >= 4 is 0 Å². The third-order valence-corrected chi connectivity index (χ3v) is 4.01. The molecule has 186 valence electrons. The molecule has 0 aromatic heterocycles. The summed E-state index contributed by atoms with van der Waals surface area (Å²) in [7, 11) is 0.702. The van der Waals surface area contributed by atoms with Gasteiger partial charge in [0.1, 0.15) is 6.10 Å². The molecule has 0 amide bonds. The van der Waals surface area contributed by atoms with Crippen LogP contribution in [0.1, 0.15) is 6.42 Å². The maximum atomic E-state index is 13.5. The topological polar surface area (TPSA) is 21.8 Å². The van der Waals surface area contributed by atoms with Gasteiger partial charge in [-0.3, -0.25) is 0 Å². The third kappa shape index (κ3) is 3.68. The highest BCUT2D eigenvalue weighted by molar-refractivity contribution is 5.15. The average Bonchev–Trinajstić information content (AvgIpc) is 3.29. The summed E-state index contributed by atoms with van der Waals surface area (Å²) in [6, 6.07) is 0. The molecule has 0 aromatic rings. The molecular formula is C12H7F17O2. The van der Waals surface area contributed by atoms with Crippen LogP contribution in [0.3, 0.4) is 0 Å². The Labute approximate surface area is 159 Å². The average molecular weight is 506 g/mol. The van der Waals surface area contributed by atoms with Gasteiger partial charge in [-0.15, -0.1) is 0 Å². The second-order valence-corrected chi connectivity index (χ2v) is 6.13. The number of rotatable bonds is 9. The molecule has 1 rings (SSSR count). The fourth-order valence-electron chi connectivity index (χ4n) is 2.06.